The average molecular weight is 461 g/mol. The van der Waals surface area contributed by atoms with Crippen LogP contribution in [0.5, 0.6) is 0 Å². The molecule has 6 heteroatoms. The number of amides is 1. The number of fused-ring (bicyclic) bond motifs is 1. The Morgan fingerprint density at radius 1 is 0.857 bits per heavy atom. The lowest BCUT2D eigenvalue weighted by Gasteiger charge is -2.12. The normalized spacial score (nSPS) is 10.8. The fourth-order valence-corrected chi connectivity index (χ4v) is 3.88. The zero-order valence-electron chi connectivity index (χ0n) is 19.2. The number of nitrogens with zero attached hydrogens (tertiary/aromatic N) is 2. The first-order valence-electron chi connectivity index (χ1n) is 11.3. The molecule has 3 N–H and O–H groups in total. The second kappa shape index (κ2) is 9.75. The molecule has 35 heavy (non-hydrogen) atoms. The molecule has 4 aromatic carbocycles. The van der Waals surface area contributed by atoms with Gasteiger partial charge in [0.15, 0.2) is 0 Å². The second-order valence-corrected chi connectivity index (χ2v) is 8.24. The Kier molecular flexibility index (Phi) is 6.20. The van der Waals surface area contributed by atoms with Crippen LogP contribution in [0.25, 0.3) is 22.2 Å². The van der Waals surface area contributed by atoms with Gasteiger partial charge < -0.3 is 15.7 Å². The third kappa shape index (κ3) is 4.88. The van der Waals surface area contributed by atoms with Crippen LogP contribution < -0.4 is 10.6 Å². The van der Waals surface area contributed by atoms with Crippen molar-refractivity contribution < 1.29 is 9.90 Å². The Morgan fingerprint density at radius 3 is 2.37 bits per heavy atom. The maximum Gasteiger partial charge on any atom is 0.255 e. The van der Waals surface area contributed by atoms with Crippen molar-refractivity contribution in [3.63, 3.8) is 0 Å². The summed E-state index contributed by atoms with van der Waals surface area (Å²) in [5.41, 5.74) is 6.37. The van der Waals surface area contributed by atoms with Crippen LogP contribution in [0.1, 0.15) is 21.5 Å². The molecule has 0 aliphatic rings. The fraction of sp³-hybridized carbons (Fsp3) is 0.0690. The standard InChI is InChI=1S/C29H24N4O2/c1-19-11-12-20(18-34)17-26(19)31-28(35)22-13-15-23(16-14-22)30-29-32-25-10-6-5-9-24(25)27(33-29)21-7-3-2-4-8-21/h2-17,34H,18H2,1H3,(H,31,35)(H,30,32,33). The molecule has 5 aromatic rings. The minimum absolute atomic E-state index is 0.0770. The first kappa shape index (κ1) is 22.3. The molecule has 0 saturated heterocycles. The van der Waals surface area contributed by atoms with Gasteiger partial charge in [-0.25, -0.2) is 9.97 Å². The number of aliphatic hydroxyl groups is 1. The van der Waals surface area contributed by atoms with Gasteiger partial charge in [-0.2, -0.15) is 0 Å². The molecule has 0 bridgehead atoms. The van der Waals surface area contributed by atoms with E-state index in [1.807, 2.05) is 85.8 Å². The van der Waals surface area contributed by atoms with Gasteiger partial charge in [-0.15, -0.1) is 0 Å². The van der Waals surface area contributed by atoms with E-state index in [0.717, 1.165) is 39.0 Å². The predicted octanol–water partition coefficient (Wildman–Crippen LogP) is 6.09. The van der Waals surface area contributed by atoms with Crippen molar-refractivity contribution in [3.05, 3.63) is 114 Å². The number of nitrogens with one attached hydrogen (secondary N) is 2. The van der Waals surface area contributed by atoms with Gasteiger partial charge in [0.05, 0.1) is 17.8 Å². The maximum absolute atomic E-state index is 12.8. The summed E-state index contributed by atoms with van der Waals surface area (Å²) >= 11 is 0. The van der Waals surface area contributed by atoms with Crippen LogP contribution in [0.15, 0.2) is 97.1 Å². The molecule has 0 atom stereocenters. The number of aliphatic hydroxyl groups excluding tert-OH is 1. The van der Waals surface area contributed by atoms with Crippen LogP contribution in [0.4, 0.5) is 17.3 Å². The smallest absolute Gasteiger partial charge is 0.255 e. The lowest BCUT2D eigenvalue weighted by Crippen LogP contribution is -2.13. The van der Waals surface area contributed by atoms with Gasteiger partial charge in [-0.3, -0.25) is 4.79 Å². The molecule has 0 unspecified atom stereocenters. The Morgan fingerprint density at radius 2 is 1.60 bits per heavy atom. The summed E-state index contributed by atoms with van der Waals surface area (Å²) in [6, 6.07) is 30.6. The summed E-state index contributed by atoms with van der Waals surface area (Å²) in [7, 11) is 0. The van der Waals surface area contributed by atoms with Crippen molar-refractivity contribution in [2.75, 3.05) is 10.6 Å². The van der Waals surface area contributed by atoms with E-state index in [0.29, 0.717) is 17.2 Å². The number of aromatic nitrogens is 2. The van der Waals surface area contributed by atoms with Crippen molar-refractivity contribution in [3.8, 4) is 11.3 Å². The highest BCUT2D eigenvalue weighted by atomic mass is 16.3. The molecule has 5 rings (SSSR count). The molecule has 0 saturated carbocycles. The Bertz CT molecular complexity index is 1500. The number of hydrogen-bond acceptors (Lipinski definition) is 5. The van der Waals surface area contributed by atoms with E-state index < -0.39 is 0 Å². The van der Waals surface area contributed by atoms with Crippen LogP contribution >= 0.6 is 0 Å². The van der Waals surface area contributed by atoms with E-state index in [-0.39, 0.29) is 12.5 Å². The van der Waals surface area contributed by atoms with Gasteiger partial charge in [0, 0.05) is 27.9 Å². The van der Waals surface area contributed by atoms with Crippen molar-refractivity contribution in [2.45, 2.75) is 13.5 Å². The summed E-state index contributed by atoms with van der Waals surface area (Å²) in [6.07, 6.45) is 0. The van der Waals surface area contributed by atoms with Crippen LogP contribution in [0.2, 0.25) is 0 Å². The summed E-state index contributed by atoms with van der Waals surface area (Å²) in [5.74, 6) is 0.263. The number of rotatable bonds is 6. The number of carbonyl (C=O) groups excluding carboxylic acids is 1. The summed E-state index contributed by atoms with van der Waals surface area (Å²) in [4.78, 5) is 22.2. The minimum Gasteiger partial charge on any atom is -0.392 e. The van der Waals surface area contributed by atoms with Gasteiger partial charge >= 0.3 is 0 Å². The quantitative estimate of drug-likeness (QED) is 0.285. The number of benzene rings is 4. The highest BCUT2D eigenvalue weighted by Gasteiger charge is 2.11. The van der Waals surface area contributed by atoms with E-state index >= 15 is 0 Å². The van der Waals surface area contributed by atoms with Gasteiger partial charge in [-0.1, -0.05) is 60.7 Å². The molecule has 1 amide bonds. The molecule has 1 aromatic heterocycles. The summed E-state index contributed by atoms with van der Waals surface area (Å²) in [6.45, 7) is 1.84. The Labute approximate surface area is 203 Å². The van der Waals surface area contributed by atoms with Crippen molar-refractivity contribution >= 4 is 34.1 Å². The lowest BCUT2D eigenvalue weighted by atomic mass is 10.1. The van der Waals surface area contributed by atoms with Gasteiger partial charge in [0.1, 0.15) is 0 Å². The zero-order valence-corrected chi connectivity index (χ0v) is 19.2. The molecule has 0 spiro atoms. The molecule has 0 aliphatic heterocycles. The third-order valence-electron chi connectivity index (χ3n) is 5.79. The topological polar surface area (TPSA) is 87.1 Å². The van der Waals surface area contributed by atoms with E-state index in [1.165, 1.54) is 0 Å². The molecule has 172 valence electrons. The number of anilines is 3. The Hall–Kier alpha value is -4.55. The number of para-hydroxylation sites is 1. The minimum atomic E-state index is -0.219. The van der Waals surface area contributed by atoms with Gasteiger partial charge in [0.25, 0.3) is 5.91 Å². The average Bonchev–Trinajstić information content (AvgIpc) is 2.90. The van der Waals surface area contributed by atoms with Gasteiger partial charge in [-0.05, 0) is 54.4 Å². The monoisotopic (exact) mass is 460 g/mol. The van der Waals surface area contributed by atoms with Crippen molar-refractivity contribution in [2.24, 2.45) is 0 Å². The SMILES string of the molecule is Cc1ccc(CO)cc1NC(=O)c1ccc(Nc2nc(-c3ccccc3)c3ccccc3n2)cc1. The number of hydrogen-bond donors (Lipinski definition) is 3. The molecule has 6 nitrogen and oxygen atoms in total. The van der Waals surface area contributed by atoms with Crippen LogP contribution in [-0.4, -0.2) is 21.0 Å². The molecule has 0 radical (unpaired) electrons. The third-order valence-corrected chi connectivity index (χ3v) is 5.79. The summed E-state index contributed by atoms with van der Waals surface area (Å²) in [5, 5.41) is 16.5. The second-order valence-electron chi connectivity index (χ2n) is 8.24. The molecule has 0 fully saturated rings. The highest BCUT2D eigenvalue weighted by molar-refractivity contribution is 6.05. The summed E-state index contributed by atoms with van der Waals surface area (Å²) < 4.78 is 0. The van der Waals surface area contributed by atoms with E-state index in [1.54, 1.807) is 18.2 Å². The molecule has 0 aliphatic carbocycles. The van der Waals surface area contributed by atoms with E-state index in [2.05, 4.69) is 15.6 Å². The lowest BCUT2D eigenvalue weighted by molar-refractivity contribution is 0.102. The highest BCUT2D eigenvalue weighted by Crippen LogP contribution is 2.28. The number of aryl methyl sites for hydroxylation is 1. The van der Waals surface area contributed by atoms with E-state index in [4.69, 9.17) is 4.98 Å². The van der Waals surface area contributed by atoms with Crippen LogP contribution in [0.3, 0.4) is 0 Å². The first-order chi connectivity index (χ1) is 17.1. The maximum atomic E-state index is 12.8. The van der Waals surface area contributed by atoms with Crippen LogP contribution in [0, 0.1) is 6.92 Å². The number of carbonyl (C=O) groups is 1. The Balaban J connectivity index is 1.38. The molecular formula is C29H24N4O2. The van der Waals surface area contributed by atoms with E-state index in [9.17, 15) is 9.90 Å². The first-order valence-corrected chi connectivity index (χ1v) is 11.3. The fourth-order valence-electron chi connectivity index (χ4n) is 3.88. The zero-order chi connectivity index (χ0) is 24.2. The van der Waals surface area contributed by atoms with Crippen LogP contribution in [-0.2, 0) is 6.61 Å². The molecule has 1 heterocycles. The van der Waals surface area contributed by atoms with Crippen molar-refractivity contribution in [1.82, 2.24) is 9.97 Å². The van der Waals surface area contributed by atoms with Crippen molar-refractivity contribution in [1.29, 1.82) is 0 Å². The molecular weight excluding hydrogens is 436 g/mol. The largest absolute Gasteiger partial charge is 0.392 e. The predicted molar refractivity (Wildman–Crippen MR) is 140 cm³/mol. The van der Waals surface area contributed by atoms with Gasteiger partial charge in [0.2, 0.25) is 5.95 Å².